The van der Waals surface area contributed by atoms with Crippen LogP contribution in [0.25, 0.3) is 16.8 Å². The summed E-state index contributed by atoms with van der Waals surface area (Å²) in [6, 6.07) is 17.4. The number of benzene rings is 2. The number of anilines is 2. The Balaban J connectivity index is 1.79. The van der Waals surface area contributed by atoms with Gasteiger partial charge < -0.3 is 10.1 Å². The highest BCUT2D eigenvalue weighted by molar-refractivity contribution is 6.30. The third-order valence-electron chi connectivity index (χ3n) is 4.10. The molecule has 1 N–H and O–H groups in total. The highest BCUT2D eigenvalue weighted by Crippen LogP contribution is 2.28. The molecule has 6 heteroatoms. The van der Waals surface area contributed by atoms with Gasteiger partial charge in [-0.1, -0.05) is 29.8 Å². The number of nitrogens with one attached hydrogen (secondary N) is 1. The van der Waals surface area contributed by atoms with Crippen molar-refractivity contribution in [2.75, 3.05) is 12.4 Å². The van der Waals surface area contributed by atoms with Crippen LogP contribution >= 0.6 is 11.6 Å². The van der Waals surface area contributed by atoms with Crippen LogP contribution in [0.1, 0.15) is 5.69 Å². The van der Waals surface area contributed by atoms with Crippen LogP contribution in [0.3, 0.4) is 0 Å². The van der Waals surface area contributed by atoms with E-state index < -0.39 is 0 Å². The largest absolute Gasteiger partial charge is 0.497 e. The molecule has 4 aromatic rings. The molecule has 0 amide bonds. The molecule has 0 aliphatic carbocycles. The fraction of sp³-hybridized carbons (Fsp3) is 0.100. The highest BCUT2D eigenvalue weighted by atomic mass is 35.5. The summed E-state index contributed by atoms with van der Waals surface area (Å²) in [6.45, 7) is 1.97. The lowest BCUT2D eigenvalue weighted by molar-refractivity contribution is 0.415. The number of ether oxygens (including phenoxy) is 1. The maximum atomic E-state index is 6.00. The van der Waals surface area contributed by atoms with E-state index in [0.717, 1.165) is 39.7 Å². The molecular weight excluding hydrogens is 348 g/mol. The first kappa shape index (κ1) is 16.4. The summed E-state index contributed by atoms with van der Waals surface area (Å²) in [6.07, 6.45) is 1.82. The van der Waals surface area contributed by atoms with E-state index in [4.69, 9.17) is 16.3 Å². The SMILES string of the molecule is COc1cccc(Nc2cc(C)nc3c(-c4ccc(Cl)cc4)cnn23)c1. The van der Waals surface area contributed by atoms with Gasteiger partial charge in [-0.2, -0.15) is 9.61 Å². The number of hydrogen-bond acceptors (Lipinski definition) is 4. The Kier molecular flexibility index (Phi) is 4.22. The van der Waals surface area contributed by atoms with Gasteiger partial charge >= 0.3 is 0 Å². The first-order chi connectivity index (χ1) is 12.6. The number of hydrogen-bond donors (Lipinski definition) is 1. The topological polar surface area (TPSA) is 51.5 Å². The standard InChI is InChI=1S/C20H17ClN4O/c1-13-10-19(24-16-4-3-5-17(11-16)26-2)25-20(23-13)18(12-22-25)14-6-8-15(21)9-7-14/h3-12,24H,1-2H3. The summed E-state index contributed by atoms with van der Waals surface area (Å²) < 4.78 is 7.09. The molecule has 0 spiro atoms. The fourth-order valence-corrected chi connectivity index (χ4v) is 2.98. The molecule has 2 heterocycles. The van der Waals surface area contributed by atoms with Crippen molar-refractivity contribution in [3.05, 3.63) is 71.5 Å². The van der Waals surface area contributed by atoms with Crippen molar-refractivity contribution in [1.82, 2.24) is 14.6 Å². The van der Waals surface area contributed by atoms with Crippen molar-refractivity contribution in [1.29, 1.82) is 0 Å². The molecule has 0 radical (unpaired) electrons. The minimum atomic E-state index is 0.703. The molecule has 4 rings (SSSR count). The number of methoxy groups -OCH3 is 1. The summed E-state index contributed by atoms with van der Waals surface area (Å²) in [5, 5.41) is 8.62. The van der Waals surface area contributed by atoms with Gasteiger partial charge in [-0.3, -0.25) is 0 Å². The molecule has 2 aromatic carbocycles. The minimum absolute atomic E-state index is 0.703. The highest BCUT2D eigenvalue weighted by Gasteiger charge is 2.12. The Morgan fingerprint density at radius 1 is 1.08 bits per heavy atom. The molecule has 26 heavy (non-hydrogen) atoms. The second-order valence-corrected chi connectivity index (χ2v) is 6.38. The summed E-state index contributed by atoms with van der Waals surface area (Å²) in [4.78, 5) is 4.67. The molecule has 130 valence electrons. The monoisotopic (exact) mass is 364 g/mol. The number of rotatable bonds is 4. The second kappa shape index (κ2) is 6.69. The Morgan fingerprint density at radius 2 is 1.88 bits per heavy atom. The zero-order valence-electron chi connectivity index (χ0n) is 14.4. The number of halogens is 1. The first-order valence-corrected chi connectivity index (χ1v) is 8.54. The smallest absolute Gasteiger partial charge is 0.165 e. The van der Waals surface area contributed by atoms with E-state index in [0.29, 0.717) is 5.02 Å². The van der Waals surface area contributed by atoms with Crippen molar-refractivity contribution in [2.45, 2.75) is 6.92 Å². The molecule has 0 saturated heterocycles. The lowest BCUT2D eigenvalue weighted by Gasteiger charge is -2.11. The van der Waals surface area contributed by atoms with Gasteiger partial charge in [0.15, 0.2) is 5.65 Å². The summed E-state index contributed by atoms with van der Waals surface area (Å²) in [7, 11) is 1.65. The van der Waals surface area contributed by atoms with Gasteiger partial charge in [-0.05, 0) is 36.8 Å². The van der Waals surface area contributed by atoms with E-state index >= 15 is 0 Å². The molecule has 2 aromatic heterocycles. The van der Waals surface area contributed by atoms with Gasteiger partial charge in [-0.15, -0.1) is 0 Å². The minimum Gasteiger partial charge on any atom is -0.497 e. The van der Waals surface area contributed by atoms with E-state index in [1.807, 2.05) is 67.7 Å². The molecule has 0 saturated carbocycles. The number of fused-ring (bicyclic) bond motifs is 1. The van der Waals surface area contributed by atoms with Crippen molar-refractivity contribution in [3.63, 3.8) is 0 Å². The summed E-state index contributed by atoms with van der Waals surface area (Å²) in [5.74, 6) is 1.63. The average Bonchev–Trinajstić information content (AvgIpc) is 3.06. The van der Waals surface area contributed by atoms with Gasteiger partial charge in [0.05, 0.1) is 13.3 Å². The summed E-state index contributed by atoms with van der Waals surface area (Å²) >= 11 is 6.00. The van der Waals surface area contributed by atoms with Crippen molar-refractivity contribution >= 4 is 28.8 Å². The van der Waals surface area contributed by atoms with Crippen molar-refractivity contribution < 1.29 is 4.74 Å². The second-order valence-electron chi connectivity index (χ2n) is 5.94. The lowest BCUT2D eigenvalue weighted by atomic mass is 10.1. The van der Waals surface area contributed by atoms with E-state index in [1.54, 1.807) is 11.6 Å². The van der Waals surface area contributed by atoms with E-state index in [1.165, 1.54) is 0 Å². The fourth-order valence-electron chi connectivity index (χ4n) is 2.86. The van der Waals surface area contributed by atoms with Gasteiger partial charge in [-0.25, -0.2) is 4.98 Å². The predicted octanol–water partition coefficient (Wildman–Crippen LogP) is 5.11. The Bertz CT molecular complexity index is 1070. The molecule has 0 unspecified atom stereocenters. The van der Waals surface area contributed by atoms with Crippen LogP contribution in [-0.2, 0) is 0 Å². The first-order valence-electron chi connectivity index (χ1n) is 8.16. The van der Waals surface area contributed by atoms with Gasteiger partial charge in [0.1, 0.15) is 11.6 Å². The maximum Gasteiger partial charge on any atom is 0.165 e. The van der Waals surface area contributed by atoms with E-state index in [9.17, 15) is 0 Å². The lowest BCUT2D eigenvalue weighted by Crippen LogP contribution is -2.02. The Hall–Kier alpha value is -3.05. The van der Waals surface area contributed by atoms with Crippen LogP contribution in [0.5, 0.6) is 5.75 Å². The zero-order chi connectivity index (χ0) is 18.1. The Labute approximate surface area is 156 Å². The van der Waals surface area contributed by atoms with Crippen LogP contribution in [-0.4, -0.2) is 21.7 Å². The van der Waals surface area contributed by atoms with E-state index in [2.05, 4.69) is 15.4 Å². The number of aryl methyl sites for hydroxylation is 1. The Morgan fingerprint density at radius 3 is 2.65 bits per heavy atom. The third-order valence-corrected chi connectivity index (χ3v) is 4.35. The third kappa shape index (κ3) is 3.09. The number of nitrogens with zero attached hydrogens (tertiary/aromatic N) is 3. The molecule has 0 fully saturated rings. The van der Waals surface area contributed by atoms with Crippen molar-refractivity contribution in [3.8, 4) is 16.9 Å². The van der Waals surface area contributed by atoms with Crippen LogP contribution in [0.15, 0.2) is 60.8 Å². The predicted molar refractivity (Wildman–Crippen MR) is 104 cm³/mol. The molecule has 0 aliphatic rings. The maximum absolute atomic E-state index is 6.00. The van der Waals surface area contributed by atoms with Gasteiger partial charge in [0, 0.05) is 34.1 Å². The average molecular weight is 365 g/mol. The van der Waals surface area contributed by atoms with Crippen LogP contribution < -0.4 is 10.1 Å². The van der Waals surface area contributed by atoms with Gasteiger partial charge in [0.25, 0.3) is 0 Å². The van der Waals surface area contributed by atoms with Gasteiger partial charge in [0.2, 0.25) is 0 Å². The van der Waals surface area contributed by atoms with E-state index in [-0.39, 0.29) is 0 Å². The molecular formula is C20H17ClN4O. The summed E-state index contributed by atoms with van der Waals surface area (Å²) in [5.41, 5.74) is 4.59. The van der Waals surface area contributed by atoms with Crippen molar-refractivity contribution in [2.24, 2.45) is 0 Å². The molecule has 0 aliphatic heterocycles. The zero-order valence-corrected chi connectivity index (χ0v) is 15.2. The van der Waals surface area contributed by atoms with Crippen LogP contribution in [0, 0.1) is 6.92 Å². The quantitative estimate of drug-likeness (QED) is 0.546. The number of aromatic nitrogens is 3. The van der Waals surface area contributed by atoms with Crippen LogP contribution in [0.4, 0.5) is 11.5 Å². The molecule has 0 atom stereocenters. The molecule has 0 bridgehead atoms. The van der Waals surface area contributed by atoms with Crippen LogP contribution in [0.2, 0.25) is 5.02 Å². The molecule has 5 nitrogen and oxygen atoms in total. The normalized spacial score (nSPS) is 10.9.